The largest absolute Gasteiger partial charge is 0.281 e. The molecule has 1 aliphatic rings. The summed E-state index contributed by atoms with van der Waals surface area (Å²) in [5.41, 5.74) is 0. The van der Waals surface area contributed by atoms with Gasteiger partial charge in [0.25, 0.3) is 0 Å². The average molecular weight is 147 g/mol. The average Bonchev–Trinajstić information content (AvgIpc) is 1.60. The van der Waals surface area contributed by atoms with Crippen molar-refractivity contribution in [3.63, 3.8) is 0 Å². The summed E-state index contributed by atoms with van der Waals surface area (Å²) in [5, 5.41) is -0.179. The van der Waals surface area contributed by atoms with E-state index in [1.165, 1.54) is 19.3 Å². The van der Waals surface area contributed by atoms with Crippen molar-refractivity contribution in [3.05, 3.63) is 0 Å². The molecule has 1 rings (SSSR count). The van der Waals surface area contributed by atoms with E-state index in [4.69, 9.17) is 11.6 Å². The predicted molar refractivity (Wildman–Crippen MR) is 37.4 cm³/mol. The summed E-state index contributed by atoms with van der Waals surface area (Å²) in [6, 6.07) is 0. The lowest BCUT2D eigenvalue weighted by Crippen LogP contribution is -2.11. The van der Waals surface area contributed by atoms with Gasteiger partial charge in [-0.2, -0.15) is 0 Å². The van der Waals surface area contributed by atoms with Crippen LogP contribution in [-0.2, 0) is 4.79 Å². The Labute approximate surface area is 60.4 Å². The molecule has 0 bridgehead atoms. The van der Waals surface area contributed by atoms with Gasteiger partial charge in [0, 0.05) is 6.42 Å². The Morgan fingerprint density at radius 1 is 1.56 bits per heavy atom. The van der Waals surface area contributed by atoms with Crippen molar-refractivity contribution >= 4 is 16.8 Å². The first-order valence-corrected chi connectivity index (χ1v) is 3.85. The lowest BCUT2D eigenvalue weighted by atomic mass is 9.82. The van der Waals surface area contributed by atoms with Gasteiger partial charge >= 0.3 is 0 Å². The summed E-state index contributed by atoms with van der Waals surface area (Å²) in [4.78, 5) is 10.3. The van der Waals surface area contributed by atoms with Crippen molar-refractivity contribution in [1.29, 1.82) is 0 Å². The fourth-order valence-electron chi connectivity index (χ4n) is 1.10. The van der Waals surface area contributed by atoms with Crippen LogP contribution in [0.5, 0.6) is 0 Å². The van der Waals surface area contributed by atoms with Crippen LogP contribution in [-0.4, -0.2) is 5.24 Å². The molecular weight excluding hydrogens is 136 g/mol. The molecule has 52 valence electrons. The van der Waals surface area contributed by atoms with Crippen LogP contribution in [0.15, 0.2) is 0 Å². The van der Waals surface area contributed by atoms with Crippen LogP contribution < -0.4 is 0 Å². The molecule has 1 aliphatic carbocycles. The standard InChI is InChI=1S/C7H11ClO/c8-7(9)5-4-6-2-1-3-6/h6H,1-5H2. The van der Waals surface area contributed by atoms with E-state index in [9.17, 15) is 4.79 Å². The molecule has 0 amide bonds. The summed E-state index contributed by atoms with van der Waals surface area (Å²) in [6.45, 7) is 0. The maximum Gasteiger partial charge on any atom is 0.221 e. The summed E-state index contributed by atoms with van der Waals surface area (Å²) >= 11 is 5.16. The second-order valence-electron chi connectivity index (χ2n) is 2.69. The van der Waals surface area contributed by atoms with Gasteiger partial charge in [0.05, 0.1) is 0 Å². The highest BCUT2D eigenvalue weighted by molar-refractivity contribution is 6.63. The van der Waals surface area contributed by atoms with Gasteiger partial charge in [-0.1, -0.05) is 19.3 Å². The van der Waals surface area contributed by atoms with E-state index >= 15 is 0 Å². The molecule has 0 atom stereocenters. The molecule has 1 nitrogen and oxygen atoms in total. The number of rotatable bonds is 3. The normalized spacial score (nSPS) is 19.2. The predicted octanol–water partition coefficient (Wildman–Crippen LogP) is 2.33. The molecule has 0 N–H and O–H groups in total. The molecular formula is C7H11ClO. The minimum Gasteiger partial charge on any atom is -0.281 e. The summed E-state index contributed by atoms with van der Waals surface area (Å²) in [7, 11) is 0. The zero-order valence-electron chi connectivity index (χ0n) is 5.40. The van der Waals surface area contributed by atoms with Gasteiger partial charge in [-0.15, -0.1) is 0 Å². The van der Waals surface area contributed by atoms with E-state index < -0.39 is 0 Å². The summed E-state index contributed by atoms with van der Waals surface area (Å²) in [5.74, 6) is 0.813. The number of carbonyl (C=O) groups is 1. The molecule has 9 heavy (non-hydrogen) atoms. The molecule has 0 radical (unpaired) electrons. The molecule has 0 saturated heterocycles. The minimum absolute atomic E-state index is 0.179. The first-order valence-electron chi connectivity index (χ1n) is 3.47. The molecule has 1 saturated carbocycles. The number of hydrogen-bond donors (Lipinski definition) is 0. The van der Waals surface area contributed by atoms with Crippen molar-refractivity contribution in [3.8, 4) is 0 Å². The SMILES string of the molecule is O=C(Cl)CCC1CCC1. The summed E-state index contributed by atoms with van der Waals surface area (Å²) < 4.78 is 0. The molecule has 0 aliphatic heterocycles. The van der Waals surface area contributed by atoms with Crippen LogP contribution >= 0.6 is 11.6 Å². The van der Waals surface area contributed by atoms with E-state index in [0.717, 1.165) is 12.3 Å². The second-order valence-corrected chi connectivity index (χ2v) is 3.11. The van der Waals surface area contributed by atoms with Crippen LogP contribution in [0.1, 0.15) is 32.1 Å². The van der Waals surface area contributed by atoms with E-state index in [-0.39, 0.29) is 5.24 Å². The Kier molecular flexibility index (Phi) is 2.52. The lowest BCUT2D eigenvalue weighted by Gasteiger charge is -2.24. The smallest absolute Gasteiger partial charge is 0.221 e. The van der Waals surface area contributed by atoms with E-state index in [1.54, 1.807) is 0 Å². The lowest BCUT2D eigenvalue weighted by molar-refractivity contribution is -0.112. The van der Waals surface area contributed by atoms with Crippen LogP contribution in [0.4, 0.5) is 0 Å². The van der Waals surface area contributed by atoms with Crippen molar-refractivity contribution in [2.45, 2.75) is 32.1 Å². The Morgan fingerprint density at radius 3 is 2.56 bits per heavy atom. The third kappa shape index (κ3) is 2.35. The first-order chi connectivity index (χ1) is 4.29. The van der Waals surface area contributed by atoms with E-state index in [1.807, 2.05) is 0 Å². The molecule has 0 aromatic rings. The van der Waals surface area contributed by atoms with E-state index in [2.05, 4.69) is 0 Å². The Bertz CT molecular complexity index is 107. The Hall–Kier alpha value is -0.0400. The summed E-state index contributed by atoms with van der Waals surface area (Å²) in [6.07, 6.45) is 5.56. The number of hydrogen-bond acceptors (Lipinski definition) is 1. The highest BCUT2D eigenvalue weighted by Gasteiger charge is 2.17. The molecule has 0 aromatic heterocycles. The highest BCUT2D eigenvalue weighted by atomic mass is 35.5. The first kappa shape index (κ1) is 7.07. The zero-order valence-corrected chi connectivity index (χ0v) is 6.16. The van der Waals surface area contributed by atoms with Gasteiger partial charge < -0.3 is 0 Å². The molecule has 0 heterocycles. The van der Waals surface area contributed by atoms with Crippen LogP contribution in [0.25, 0.3) is 0 Å². The topological polar surface area (TPSA) is 17.1 Å². The number of carbonyl (C=O) groups excluding carboxylic acids is 1. The minimum atomic E-state index is -0.179. The quantitative estimate of drug-likeness (QED) is 0.559. The molecule has 2 heteroatoms. The zero-order chi connectivity index (χ0) is 6.69. The van der Waals surface area contributed by atoms with Crippen LogP contribution in [0.3, 0.4) is 0 Å². The fraction of sp³-hybridized carbons (Fsp3) is 0.857. The van der Waals surface area contributed by atoms with Crippen molar-refractivity contribution in [2.24, 2.45) is 5.92 Å². The van der Waals surface area contributed by atoms with Crippen LogP contribution in [0, 0.1) is 5.92 Å². The molecule has 1 fully saturated rings. The maximum atomic E-state index is 10.3. The van der Waals surface area contributed by atoms with Crippen molar-refractivity contribution in [1.82, 2.24) is 0 Å². The second kappa shape index (κ2) is 3.21. The third-order valence-corrected chi connectivity index (χ3v) is 2.16. The van der Waals surface area contributed by atoms with Gasteiger partial charge in [-0.25, -0.2) is 0 Å². The van der Waals surface area contributed by atoms with Gasteiger partial charge in [0.1, 0.15) is 0 Å². The van der Waals surface area contributed by atoms with E-state index in [0.29, 0.717) is 6.42 Å². The third-order valence-electron chi connectivity index (χ3n) is 1.97. The van der Waals surface area contributed by atoms with Gasteiger partial charge in [0.15, 0.2) is 0 Å². The highest BCUT2D eigenvalue weighted by Crippen LogP contribution is 2.30. The maximum absolute atomic E-state index is 10.3. The Balaban J connectivity index is 1.97. The van der Waals surface area contributed by atoms with Crippen LogP contribution in [0.2, 0.25) is 0 Å². The van der Waals surface area contributed by atoms with Gasteiger partial charge in [0.2, 0.25) is 5.24 Å². The molecule has 0 aromatic carbocycles. The van der Waals surface area contributed by atoms with Crippen molar-refractivity contribution < 1.29 is 4.79 Å². The Morgan fingerprint density at radius 2 is 2.22 bits per heavy atom. The monoisotopic (exact) mass is 146 g/mol. The fourth-order valence-corrected chi connectivity index (χ4v) is 1.21. The molecule has 0 unspecified atom stereocenters. The number of halogens is 1. The van der Waals surface area contributed by atoms with Gasteiger partial charge in [-0.3, -0.25) is 4.79 Å². The van der Waals surface area contributed by atoms with Crippen molar-refractivity contribution in [2.75, 3.05) is 0 Å². The molecule has 0 spiro atoms. The van der Waals surface area contributed by atoms with Gasteiger partial charge in [-0.05, 0) is 23.9 Å².